The highest BCUT2D eigenvalue weighted by molar-refractivity contribution is 5.85. The van der Waals surface area contributed by atoms with E-state index in [0.717, 1.165) is 5.69 Å². The van der Waals surface area contributed by atoms with Crippen LogP contribution in [0.15, 0.2) is 49.1 Å². The summed E-state index contributed by atoms with van der Waals surface area (Å²) in [7, 11) is 0. The van der Waals surface area contributed by atoms with Gasteiger partial charge in [-0.1, -0.05) is 0 Å². The molecule has 2 rings (SSSR count). The van der Waals surface area contributed by atoms with Gasteiger partial charge in [-0.05, 0) is 24.3 Å². The maximum atomic E-state index is 4.02. The summed E-state index contributed by atoms with van der Waals surface area (Å²) in [6.07, 6.45) is 7.60. The Bertz CT molecular complexity index is 316. The summed E-state index contributed by atoms with van der Waals surface area (Å²) in [5.41, 5.74) is 1.09. The number of hydrogen-bond donors (Lipinski definition) is 0. The number of nitrogens with zero attached hydrogens (tertiary/aromatic N) is 2. The molecular weight excluding hydrogens is 172 g/mol. The summed E-state index contributed by atoms with van der Waals surface area (Å²) in [6.45, 7) is 0. The van der Waals surface area contributed by atoms with Crippen LogP contribution in [0.25, 0.3) is 5.69 Å². The highest BCUT2D eigenvalue weighted by atomic mass is 35.5. The van der Waals surface area contributed by atoms with Crippen LogP contribution in [-0.2, 0) is 0 Å². The molecule has 2 aromatic rings. The van der Waals surface area contributed by atoms with Crippen LogP contribution < -0.4 is 0 Å². The van der Waals surface area contributed by atoms with Crippen molar-refractivity contribution in [3.63, 3.8) is 0 Å². The van der Waals surface area contributed by atoms with Gasteiger partial charge in [0.2, 0.25) is 0 Å². The molecule has 3 heteroatoms. The lowest BCUT2D eigenvalue weighted by molar-refractivity contribution is 1.06. The largest absolute Gasteiger partial charge is 0.322 e. The van der Waals surface area contributed by atoms with Crippen molar-refractivity contribution in [2.24, 2.45) is 0 Å². The van der Waals surface area contributed by atoms with Gasteiger partial charge in [-0.15, -0.1) is 12.4 Å². The minimum atomic E-state index is 0. The highest BCUT2D eigenvalue weighted by Crippen LogP contribution is 2.03. The van der Waals surface area contributed by atoms with E-state index in [2.05, 4.69) is 4.98 Å². The van der Waals surface area contributed by atoms with Gasteiger partial charge in [0, 0.05) is 18.6 Å². The van der Waals surface area contributed by atoms with Crippen molar-refractivity contribution < 1.29 is 0 Å². The molecule has 0 spiro atoms. The van der Waals surface area contributed by atoms with Crippen molar-refractivity contribution in [2.45, 2.75) is 0 Å². The Morgan fingerprint density at radius 3 is 2.42 bits per heavy atom. The quantitative estimate of drug-likeness (QED) is 0.659. The minimum Gasteiger partial charge on any atom is -0.322 e. The zero-order valence-electron chi connectivity index (χ0n) is 6.42. The van der Waals surface area contributed by atoms with Crippen LogP contribution in [0.4, 0.5) is 0 Å². The lowest BCUT2D eigenvalue weighted by Gasteiger charge is -1.98. The van der Waals surface area contributed by atoms with Crippen molar-refractivity contribution in [3.05, 3.63) is 49.1 Å². The SMILES string of the molecule is Cl.c1cncc(-n2cccc2)c1. The van der Waals surface area contributed by atoms with E-state index in [1.54, 1.807) is 6.20 Å². The normalized spacial score (nSPS) is 9.00. The standard InChI is InChI=1S/C9H8N2.ClH/c1-2-7-11(6-1)9-4-3-5-10-8-9;/h1-8H;1H. The lowest BCUT2D eigenvalue weighted by atomic mass is 10.4. The van der Waals surface area contributed by atoms with Gasteiger partial charge in [0.1, 0.15) is 0 Å². The fourth-order valence-corrected chi connectivity index (χ4v) is 1.01. The van der Waals surface area contributed by atoms with Crippen molar-refractivity contribution in [2.75, 3.05) is 0 Å². The van der Waals surface area contributed by atoms with Crippen LogP contribution in [0, 0.1) is 0 Å². The Balaban J connectivity index is 0.000000720. The fraction of sp³-hybridized carbons (Fsp3) is 0. The molecule has 0 bridgehead atoms. The molecule has 62 valence electrons. The molecule has 0 fully saturated rings. The first-order valence-electron chi connectivity index (χ1n) is 3.50. The van der Waals surface area contributed by atoms with Gasteiger partial charge in [-0.3, -0.25) is 4.98 Å². The van der Waals surface area contributed by atoms with Crippen LogP contribution >= 0.6 is 12.4 Å². The Morgan fingerprint density at radius 2 is 1.83 bits per heavy atom. The van der Waals surface area contributed by atoms with Gasteiger partial charge < -0.3 is 4.57 Å². The summed E-state index contributed by atoms with van der Waals surface area (Å²) < 4.78 is 2.02. The molecule has 0 aromatic carbocycles. The fourth-order valence-electron chi connectivity index (χ4n) is 1.01. The molecule has 0 amide bonds. The highest BCUT2D eigenvalue weighted by Gasteiger charge is 1.89. The van der Waals surface area contributed by atoms with Crippen molar-refractivity contribution in [1.82, 2.24) is 9.55 Å². The molecule has 0 saturated heterocycles. The number of aromatic nitrogens is 2. The maximum Gasteiger partial charge on any atom is 0.0633 e. The summed E-state index contributed by atoms with van der Waals surface area (Å²) >= 11 is 0. The van der Waals surface area contributed by atoms with Crippen LogP contribution in [0.5, 0.6) is 0 Å². The van der Waals surface area contributed by atoms with E-state index in [0.29, 0.717) is 0 Å². The third-order valence-electron chi connectivity index (χ3n) is 1.55. The van der Waals surface area contributed by atoms with Crippen molar-refractivity contribution >= 4 is 12.4 Å². The van der Waals surface area contributed by atoms with E-state index in [1.807, 2.05) is 47.4 Å². The molecule has 0 aliphatic heterocycles. The first-order valence-corrected chi connectivity index (χ1v) is 3.50. The van der Waals surface area contributed by atoms with Crippen molar-refractivity contribution in [3.8, 4) is 5.69 Å². The molecule has 12 heavy (non-hydrogen) atoms. The molecule has 0 radical (unpaired) electrons. The third kappa shape index (κ3) is 1.66. The molecule has 0 aliphatic rings. The number of halogens is 1. The molecule has 0 saturated carbocycles. The lowest BCUT2D eigenvalue weighted by Crippen LogP contribution is -1.88. The predicted octanol–water partition coefficient (Wildman–Crippen LogP) is 2.29. The van der Waals surface area contributed by atoms with Crippen LogP contribution in [-0.4, -0.2) is 9.55 Å². The number of rotatable bonds is 1. The average Bonchev–Trinajstić information content (AvgIpc) is 2.58. The number of pyridine rings is 1. The summed E-state index contributed by atoms with van der Waals surface area (Å²) in [5.74, 6) is 0. The van der Waals surface area contributed by atoms with E-state index in [-0.39, 0.29) is 12.4 Å². The molecule has 2 aromatic heterocycles. The smallest absolute Gasteiger partial charge is 0.0633 e. The Labute approximate surface area is 77.3 Å². The molecular formula is C9H9ClN2. The molecule has 0 aliphatic carbocycles. The van der Waals surface area contributed by atoms with Crippen LogP contribution in [0.2, 0.25) is 0 Å². The van der Waals surface area contributed by atoms with Crippen molar-refractivity contribution in [1.29, 1.82) is 0 Å². The first kappa shape index (κ1) is 8.81. The third-order valence-corrected chi connectivity index (χ3v) is 1.55. The average molecular weight is 181 g/mol. The van der Waals surface area contributed by atoms with Gasteiger partial charge in [0.25, 0.3) is 0 Å². The van der Waals surface area contributed by atoms with E-state index in [9.17, 15) is 0 Å². The maximum absolute atomic E-state index is 4.02. The second kappa shape index (κ2) is 3.93. The Kier molecular flexibility index (Phi) is 2.88. The van der Waals surface area contributed by atoms with Gasteiger partial charge in [0.15, 0.2) is 0 Å². The van der Waals surface area contributed by atoms with Crippen LogP contribution in [0.1, 0.15) is 0 Å². The van der Waals surface area contributed by atoms with E-state index in [1.165, 1.54) is 0 Å². The summed E-state index contributed by atoms with van der Waals surface area (Å²) in [5, 5.41) is 0. The molecule has 0 N–H and O–H groups in total. The van der Waals surface area contributed by atoms with Gasteiger partial charge in [-0.25, -0.2) is 0 Å². The Hall–Kier alpha value is -1.28. The second-order valence-corrected chi connectivity index (χ2v) is 2.30. The number of hydrogen-bond acceptors (Lipinski definition) is 1. The van der Waals surface area contributed by atoms with Gasteiger partial charge in [0.05, 0.1) is 11.9 Å². The Morgan fingerprint density at radius 1 is 1.08 bits per heavy atom. The van der Waals surface area contributed by atoms with E-state index in [4.69, 9.17) is 0 Å². The monoisotopic (exact) mass is 180 g/mol. The summed E-state index contributed by atoms with van der Waals surface area (Å²) in [4.78, 5) is 4.02. The topological polar surface area (TPSA) is 17.8 Å². The van der Waals surface area contributed by atoms with Crippen LogP contribution in [0.3, 0.4) is 0 Å². The zero-order valence-corrected chi connectivity index (χ0v) is 7.24. The molecule has 0 atom stereocenters. The van der Waals surface area contributed by atoms with E-state index >= 15 is 0 Å². The summed E-state index contributed by atoms with van der Waals surface area (Å²) in [6, 6.07) is 7.93. The molecule has 2 heterocycles. The second-order valence-electron chi connectivity index (χ2n) is 2.30. The van der Waals surface area contributed by atoms with E-state index < -0.39 is 0 Å². The zero-order chi connectivity index (χ0) is 7.52. The van der Waals surface area contributed by atoms with Gasteiger partial charge in [-0.2, -0.15) is 0 Å². The molecule has 0 unspecified atom stereocenters. The first-order chi connectivity index (χ1) is 5.47. The predicted molar refractivity (Wildman–Crippen MR) is 50.8 cm³/mol. The van der Waals surface area contributed by atoms with Gasteiger partial charge >= 0.3 is 0 Å². The molecule has 2 nitrogen and oxygen atoms in total. The minimum absolute atomic E-state index is 0.